The molecule has 2 N–H and O–H groups in total. The summed E-state index contributed by atoms with van der Waals surface area (Å²) in [5.41, 5.74) is 2.27. The number of amides is 1. The first-order chi connectivity index (χ1) is 8.04. The minimum absolute atomic E-state index is 0.0938. The Bertz CT molecular complexity index is 390. The van der Waals surface area contributed by atoms with Gasteiger partial charge in [-0.05, 0) is 27.1 Å². The van der Waals surface area contributed by atoms with Crippen molar-refractivity contribution >= 4 is 11.6 Å². The van der Waals surface area contributed by atoms with Crippen LogP contribution in [0.15, 0.2) is 12.3 Å². The Hall–Kier alpha value is -1.62. The molecule has 1 heterocycles. The van der Waals surface area contributed by atoms with Gasteiger partial charge in [0.1, 0.15) is 0 Å². The lowest BCUT2D eigenvalue weighted by molar-refractivity contribution is 0.0951. The van der Waals surface area contributed by atoms with Gasteiger partial charge in [0, 0.05) is 32.0 Å². The van der Waals surface area contributed by atoms with Crippen LogP contribution >= 0.6 is 0 Å². The number of nitrogens with zero attached hydrogens (tertiary/aromatic N) is 2. The van der Waals surface area contributed by atoms with E-state index in [4.69, 9.17) is 0 Å². The number of carbonyl (C=O) groups is 1. The standard InChI is InChI=1S/C12H20N4O/c1-9-7-11(13-2)10(8-15-9)12(17)14-5-6-16(3)4/h7-8H,5-6H2,1-4H3,(H,13,15)(H,14,17). The topological polar surface area (TPSA) is 57.3 Å². The molecule has 0 aliphatic heterocycles. The zero-order valence-electron chi connectivity index (χ0n) is 10.9. The molecule has 0 fully saturated rings. The molecule has 0 atom stereocenters. The van der Waals surface area contributed by atoms with E-state index in [9.17, 15) is 4.79 Å². The van der Waals surface area contributed by atoms with Crippen molar-refractivity contribution in [2.24, 2.45) is 0 Å². The maximum absolute atomic E-state index is 11.9. The lowest BCUT2D eigenvalue weighted by Crippen LogP contribution is -2.31. The van der Waals surface area contributed by atoms with Crippen LogP contribution in [0.3, 0.4) is 0 Å². The van der Waals surface area contributed by atoms with Gasteiger partial charge in [0.05, 0.1) is 11.3 Å². The fraction of sp³-hybridized carbons (Fsp3) is 0.500. The molecular formula is C12H20N4O. The second kappa shape index (κ2) is 6.20. The number of aromatic nitrogens is 1. The van der Waals surface area contributed by atoms with Gasteiger partial charge in [0.2, 0.25) is 0 Å². The summed E-state index contributed by atoms with van der Waals surface area (Å²) >= 11 is 0. The van der Waals surface area contributed by atoms with Crippen molar-refractivity contribution < 1.29 is 4.79 Å². The Morgan fingerprint density at radius 3 is 2.76 bits per heavy atom. The second-order valence-electron chi connectivity index (χ2n) is 4.18. The third kappa shape index (κ3) is 4.03. The predicted molar refractivity (Wildman–Crippen MR) is 69.4 cm³/mol. The van der Waals surface area contributed by atoms with Gasteiger partial charge in [-0.1, -0.05) is 0 Å². The number of nitrogens with one attached hydrogen (secondary N) is 2. The van der Waals surface area contributed by atoms with Crippen molar-refractivity contribution in [2.45, 2.75) is 6.92 Å². The second-order valence-corrected chi connectivity index (χ2v) is 4.18. The molecule has 0 radical (unpaired) electrons. The van der Waals surface area contributed by atoms with E-state index >= 15 is 0 Å². The molecule has 0 bridgehead atoms. The van der Waals surface area contributed by atoms with Crippen molar-refractivity contribution in [2.75, 3.05) is 39.5 Å². The number of likely N-dealkylation sites (N-methyl/N-ethyl adjacent to an activating group) is 1. The summed E-state index contributed by atoms with van der Waals surface area (Å²) in [6.45, 7) is 3.34. The van der Waals surface area contributed by atoms with E-state index in [1.807, 2.05) is 32.0 Å². The number of aryl methyl sites for hydroxylation is 1. The summed E-state index contributed by atoms with van der Waals surface area (Å²) in [4.78, 5) is 18.1. The van der Waals surface area contributed by atoms with Gasteiger partial charge in [0.25, 0.3) is 5.91 Å². The van der Waals surface area contributed by atoms with Crippen LogP contribution in [0, 0.1) is 6.92 Å². The van der Waals surface area contributed by atoms with Crippen molar-refractivity contribution in [3.05, 3.63) is 23.5 Å². The summed E-state index contributed by atoms with van der Waals surface area (Å²) in [5.74, 6) is -0.0938. The van der Waals surface area contributed by atoms with Crippen molar-refractivity contribution in [1.29, 1.82) is 0 Å². The maximum atomic E-state index is 11.9. The highest BCUT2D eigenvalue weighted by molar-refractivity contribution is 5.99. The fourth-order valence-electron chi connectivity index (χ4n) is 1.44. The summed E-state index contributed by atoms with van der Waals surface area (Å²) < 4.78 is 0. The molecular weight excluding hydrogens is 216 g/mol. The first-order valence-corrected chi connectivity index (χ1v) is 5.62. The average molecular weight is 236 g/mol. The van der Waals surface area contributed by atoms with Gasteiger partial charge < -0.3 is 15.5 Å². The van der Waals surface area contributed by atoms with E-state index < -0.39 is 0 Å². The molecule has 0 aliphatic carbocycles. The first-order valence-electron chi connectivity index (χ1n) is 5.62. The summed E-state index contributed by atoms with van der Waals surface area (Å²) in [5, 5.41) is 5.87. The van der Waals surface area contributed by atoms with Gasteiger partial charge >= 0.3 is 0 Å². The SMILES string of the molecule is CNc1cc(C)ncc1C(=O)NCCN(C)C. The van der Waals surface area contributed by atoms with Gasteiger partial charge in [-0.15, -0.1) is 0 Å². The molecule has 1 amide bonds. The molecule has 17 heavy (non-hydrogen) atoms. The number of hydrogen-bond acceptors (Lipinski definition) is 4. The molecule has 1 aromatic rings. The number of anilines is 1. The molecule has 0 saturated heterocycles. The van der Waals surface area contributed by atoms with Gasteiger partial charge in [-0.25, -0.2) is 0 Å². The van der Waals surface area contributed by atoms with Crippen LogP contribution in [0.25, 0.3) is 0 Å². The molecule has 0 saturated carbocycles. The molecule has 0 unspecified atom stereocenters. The zero-order valence-corrected chi connectivity index (χ0v) is 10.9. The van der Waals surface area contributed by atoms with E-state index in [0.717, 1.165) is 17.9 Å². The molecule has 94 valence electrons. The lowest BCUT2D eigenvalue weighted by atomic mass is 10.2. The molecule has 5 heteroatoms. The van der Waals surface area contributed by atoms with Gasteiger partial charge in [0.15, 0.2) is 0 Å². The van der Waals surface area contributed by atoms with Crippen molar-refractivity contribution in [3.8, 4) is 0 Å². The molecule has 0 aliphatic rings. The van der Waals surface area contributed by atoms with Crippen molar-refractivity contribution in [3.63, 3.8) is 0 Å². The Morgan fingerprint density at radius 2 is 2.18 bits per heavy atom. The van der Waals surface area contributed by atoms with Gasteiger partial charge in [-0.2, -0.15) is 0 Å². The largest absolute Gasteiger partial charge is 0.387 e. The molecule has 1 rings (SSSR count). The quantitative estimate of drug-likeness (QED) is 0.791. The highest BCUT2D eigenvalue weighted by atomic mass is 16.1. The first kappa shape index (κ1) is 13.4. The third-order valence-corrected chi connectivity index (χ3v) is 2.40. The zero-order chi connectivity index (χ0) is 12.8. The van der Waals surface area contributed by atoms with Crippen LogP contribution in [0.4, 0.5) is 5.69 Å². The number of pyridine rings is 1. The van der Waals surface area contributed by atoms with Crippen LogP contribution in [0.5, 0.6) is 0 Å². The minimum atomic E-state index is -0.0938. The fourth-order valence-corrected chi connectivity index (χ4v) is 1.44. The van der Waals surface area contributed by atoms with E-state index in [2.05, 4.69) is 15.6 Å². The third-order valence-electron chi connectivity index (χ3n) is 2.40. The van der Waals surface area contributed by atoms with E-state index in [1.54, 1.807) is 13.2 Å². The summed E-state index contributed by atoms with van der Waals surface area (Å²) in [7, 11) is 5.74. The van der Waals surface area contributed by atoms with Crippen LogP contribution in [-0.4, -0.2) is 50.0 Å². The number of rotatable bonds is 5. The van der Waals surface area contributed by atoms with Crippen LogP contribution < -0.4 is 10.6 Å². The highest BCUT2D eigenvalue weighted by Crippen LogP contribution is 2.14. The number of hydrogen-bond donors (Lipinski definition) is 2. The Labute approximate surface area is 102 Å². The Morgan fingerprint density at radius 1 is 1.47 bits per heavy atom. The summed E-state index contributed by atoms with van der Waals surface area (Å²) in [6.07, 6.45) is 1.60. The number of carbonyl (C=O) groups excluding carboxylic acids is 1. The van der Waals surface area contributed by atoms with E-state index in [0.29, 0.717) is 12.1 Å². The van der Waals surface area contributed by atoms with E-state index in [1.165, 1.54) is 0 Å². The molecule has 5 nitrogen and oxygen atoms in total. The molecule has 1 aromatic heterocycles. The van der Waals surface area contributed by atoms with E-state index in [-0.39, 0.29) is 5.91 Å². The van der Waals surface area contributed by atoms with Crippen LogP contribution in [0.2, 0.25) is 0 Å². The Kier molecular flexibility index (Phi) is 4.90. The predicted octanol–water partition coefficient (Wildman–Crippen LogP) is 0.723. The van der Waals surface area contributed by atoms with Crippen molar-refractivity contribution in [1.82, 2.24) is 15.2 Å². The monoisotopic (exact) mass is 236 g/mol. The Balaban J connectivity index is 2.68. The molecule has 0 aromatic carbocycles. The lowest BCUT2D eigenvalue weighted by Gasteiger charge is -2.12. The maximum Gasteiger partial charge on any atom is 0.254 e. The van der Waals surface area contributed by atoms with Gasteiger partial charge in [-0.3, -0.25) is 9.78 Å². The molecule has 0 spiro atoms. The van der Waals surface area contributed by atoms with Crippen LogP contribution in [-0.2, 0) is 0 Å². The smallest absolute Gasteiger partial charge is 0.254 e. The summed E-state index contributed by atoms with van der Waals surface area (Å²) in [6, 6.07) is 1.86. The normalized spacial score (nSPS) is 10.4. The highest BCUT2D eigenvalue weighted by Gasteiger charge is 2.10. The van der Waals surface area contributed by atoms with Crippen LogP contribution in [0.1, 0.15) is 16.1 Å². The minimum Gasteiger partial charge on any atom is -0.387 e. The average Bonchev–Trinajstić information content (AvgIpc) is 2.28.